The summed E-state index contributed by atoms with van der Waals surface area (Å²) in [4.78, 5) is 30.4. The van der Waals surface area contributed by atoms with E-state index in [0.717, 1.165) is 24.4 Å². The fraction of sp³-hybridized carbons (Fsp3) is 0.619. The topological polar surface area (TPSA) is 62.3 Å². The van der Waals surface area contributed by atoms with E-state index in [0.29, 0.717) is 13.1 Å². The molecule has 1 heterocycles. The van der Waals surface area contributed by atoms with Gasteiger partial charge < -0.3 is 24.2 Å². The summed E-state index contributed by atoms with van der Waals surface area (Å²) < 4.78 is 10.8. The molecule has 156 valence electrons. The number of carbonyl (C=O) groups excluding carboxylic acids is 2. The summed E-state index contributed by atoms with van der Waals surface area (Å²) in [7, 11) is 3.26. The minimum Gasteiger partial charge on any atom is -0.495 e. The van der Waals surface area contributed by atoms with Crippen LogP contribution in [0.2, 0.25) is 0 Å². The summed E-state index contributed by atoms with van der Waals surface area (Å²) in [6, 6.07) is 8.02. The van der Waals surface area contributed by atoms with Crippen LogP contribution in [0.25, 0.3) is 0 Å². The molecule has 1 aliphatic rings. The van der Waals surface area contributed by atoms with Gasteiger partial charge in [-0.3, -0.25) is 4.79 Å². The molecule has 0 unspecified atom stereocenters. The van der Waals surface area contributed by atoms with E-state index < -0.39 is 11.7 Å². The lowest BCUT2D eigenvalue weighted by Gasteiger charge is -2.30. The van der Waals surface area contributed by atoms with Gasteiger partial charge in [-0.25, -0.2) is 4.79 Å². The molecule has 0 saturated carbocycles. The number of para-hydroxylation sites is 2. The minimum absolute atomic E-state index is 0.00785. The van der Waals surface area contributed by atoms with Crippen molar-refractivity contribution < 1.29 is 19.1 Å². The maximum absolute atomic E-state index is 12.8. The second-order valence-electron chi connectivity index (χ2n) is 8.22. The van der Waals surface area contributed by atoms with E-state index in [4.69, 9.17) is 9.47 Å². The van der Waals surface area contributed by atoms with Crippen LogP contribution < -0.4 is 9.64 Å². The van der Waals surface area contributed by atoms with Crippen LogP contribution in [0.1, 0.15) is 34.1 Å². The Morgan fingerprint density at radius 1 is 1.18 bits per heavy atom. The number of carbonyl (C=O) groups is 2. The average Bonchev–Trinajstić information content (AvgIpc) is 2.81. The number of nitrogens with zero attached hydrogens (tertiary/aromatic N) is 3. The predicted octanol–water partition coefficient (Wildman–Crippen LogP) is 2.99. The summed E-state index contributed by atoms with van der Waals surface area (Å²) in [6.07, 6.45) is 0.360. The lowest BCUT2D eigenvalue weighted by molar-refractivity contribution is -0.133. The van der Waals surface area contributed by atoms with Crippen molar-refractivity contribution >= 4 is 17.7 Å². The Kier molecular flexibility index (Phi) is 7.16. The zero-order valence-corrected chi connectivity index (χ0v) is 17.9. The first-order chi connectivity index (χ1) is 13.1. The monoisotopic (exact) mass is 391 g/mol. The molecule has 28 heavy (non-hydrogen) atoms. The molecule has 0 bridgehead atoms. The number of hydrogen-bond donors (Lipinski definition) is 0. The molecule has 1 saturated heterocycles. The Morgan fingerprint density at radius 2 is 1.86 bits per heavy atom. The number of amides is 2. The van der Waals surface area contributed by atoms with Gasteiger partial charge in [-0.15, -0.1) is 0 Å². The maximum Gasteiger partial charge on any atom is 0.410 e. The van der Waals surface area contributed by atoms with Gasteiger partial charge in [-0.1, -0.05) is 12.1 Å². The normalized spacial score (nSPS) is 17.7. The highest BCUT2D eigenvalue weighted by molar-refractivity contribution is 5.82. The average molecular weight is 392 g/mol. The van der Waals surface area contributed by atoms with Gasteiger partial charge in [0.25, 0.3) is 0 Å². The standard InChI is InChI=1S/C21H33N3O4/c1-16-11-12-23(17-9-7-8-10-18(17)27-6)13-14-24(16)19(25)15-22(5)20(26)28-21(2,3)4/h7-10,16H,11-15H2,1-6H3/t16-/m1/s1. The molecule has 1 aromatic carbocycles. The van der Waals surface area contributed by atoms with E-state index in [1.165, 1.54) is 4.90 Å². The van der Waals surface area contributed by atoms with Crippen LogP contribution in [-0.4, -0.2) is 73.8 Å². The van der Waals surface area contributed by atoms with Crippen LogP contribution in [0.3, 0.4) is 0 Å². The number of methoxy groups -OCH3 is 1. The SMILES string of the molecule is COc1ccccc1N1CC[C@@H](C)N(C(=O)CN(C)C(=O)OC(C)(C)C)CC1. The third-order valence-electron chi connectivity index (χ3n) is 4.78. The third kappa shape index (κ3) is 5.78. The van der Waals surface area contributed by atoms with E-state index in [1.54, 1.807) is 14.2 Å². The molecule has 1 fully saturated rings. The van der Waals surface area contributed by atoms with Crippen molar-refractivity contribution in [2.24, 2.45) is 0 Å². The van der Waals surface area contributed by atoms with E-state index in [-0.39, 0.29) is 18.5 Å². The number of likely N-dealkylation sites (N-methyl/N-ethyl adjacent to an activating group) is 1. The Morgan fingerprint density at radius 3 is 2.50 bits per heavy atom. The van der Waals surface area contributed by atoms with Gasteiger partial charge in [0.05, 0.1) is 12.8 Å². The quantitative estimate of drug-likeness (QED) is 0.790. The Balaban J connectivity index is 2.01. The van der Waals surface area contributed by atoms with Gasteiger partial charge in [-0.2, -0.15) is 0 Å². The van der Waals surface area contributed by atoms with Gasteiger partial charge in [0.15, 0.2) is 0 Å². The van der Waals surface area contributed by atoms with Crippen LogP contribution >= 0.6 is 0 Å². The van der Waals surface area contributed by atoms with E-state index in [9.17, 15) is 9.59 Å². The second-order valence-corrected chi connectivity index (χ2v) is 8.22. The fourth-order valence-corrected chi connectivity index (χ4v) is 3.26. The van der Waals surface area contributed by atoms with Crippen molar-refractivity contribution in [1.82, 2.24) is 9.80 Å². The maximum atomic E-state index is 12.8. The van der Waals surface area contributed by atoms with Gasteiger partial charge >= 0.3 is 6.09 Å². The summed E-state index contributed by atoms with van der Waals surface area (Å²) in [5.41, 5.74) is 0.455. The third-order valence-corrected chi connectivity index (χ3v) is 4.78. The fourth-order valence-electron chi connectivity index (χ4n) is 3.26. The highest BCUT2D eigenvalue weighted by Crippen LogP contribution is 2.29. The molecule has 2 rings (SSSR count). The van der Waals surface area contributed by atoms with Crippen LogP contribution in [0.4, 0.5) is 10.5 Å². The lowest BCUT2D eigenvalue weighted by Crippen LogP contribution is -2.46. The number of rotatable bonds is 4. The summed E-state index contributed by atoms with van der Waals surface area (Å²) in [5, 5.41) is 0. The molecule has 0 radical (unpaired) electrons. The highest BCUT2D eigenvalue weighted by atomic mass is 16.6. The lowest BCUT2D eigenvalue weighted by atomic mass is 10.2. The molecule has 2 amide bonds. The molecule has 7 nitrogen and oxygen atoms in total. The van der Waals surface area contributed by atoms with E-state index >= 15 is 0 Å². The largest absolute Gasteiger partial charge is 0.495 e. The number of anilines is 1. The van der Waals surface area contributed by atoms with Gasteiger partial charge in [0.1, 0.15) is 17.9 Å². The summed E-state index contributed by atoms with van der Waals surface area (Å²) in [5.74, 6) is 0.766. The molecule has 1 aliphatic heterocycles. The van der Waals surface area contributed by atoms with Crippen LogP contribution in [0.5, 0.6) is 5.75 Å². The summed E-state index contributed by atoms with van der Waals surface area (Å²) >= 11 is 0. The predicted molar refractivity (Wildman–Crippen MR) is 110 cm³/mol. The van der Waals surface area contributed by atoms with E-state index in [2.05, 4.69) is 11.8 Å². The Hall–Kier alpha value is -2.44. The van der Waals surface area contributed by atoms with Crippen molar-refractivity contribution in [3.63, 3.8) is 0 Å². The van der Waals surface area contributed by atoms with E-state index in [1.807, 2.05) is 49.9 Å². The molecule has 1 atom stereocenters. The molecule has 0 aromatic heterocycles. The number of benzene rings is 1. The van der Waals surface area contributed by atoms with Crippen LogP contribution in [-0.2, 0) is 9.53 Å². The van der Waals surface area contributed by atoms with Crippen molar-refractivity contribution in [3.8, 4) is 5.75 Å². The van der Waals surface area contributed by atoms with Gasteiger partial charge in [0.2, 0.25) is 5.91 Å². The van der Waals surface area contributed by atoms with Gasteiger partial charge in [0, 0.05) is 32.7 Å². The minimum atomic E-state index is -0.584. The smallest absolute Gasteiger partial charge is 0.410 e. The zero-order valence-electron chi connectivity index (χ0n) is 17.9. The van der Waals surface area contributed by atoms with Crippen LogP contribution in [0, 0.1) is 0 Å². The van der Waals surface area contributed by atoms with Crippen molar-refractivity contribution in [3.05, 3.63) is 24.3 Å². The first-order valence-electron chi connectivity index (χ1n) is 9.74. The number of ether oxygens (including phenoxy) is 2. The summed E-state index contributed by atoms with van der Waals surface area (Å²) in [6.45, 7) is 9.64. The van der Waals surface area contributed by atoms with Gasteiger partial charge in [-0.05, 0) is 46.2 Å². The highest BCUT2D eigenvalue weighted by Gasteiger charge is 2.28. The van der Waals surface area contributed by atoms with Crippen molar-refractivity contribution in [2.45, 2.75) is 45.8 Å². The molecule has 1 aromatic rings. The Bertz CT molecular complexity index is 686. The molecule has 0 aliphatic carbocycles. The molecular formula is C21H33N3O4. The van der Waals surface area contributed by atoms with Crippen LogP contribution in [0.15, 0.2) is 24.3 Å². The first-order valence-corrected chi connectivity index (χ1v) is 9.74. The molecular weight excluding hydrogens is 358 g/mol. The number of hydrogen-bond acceptors (Lipinski definition) is 5. The first kappa shape index (κ1) is 21.9. The van der Waals surface area contributed by atoms with Crippen molar-refractivity contribution in [2.75, 3.05) is 45.2 Å². The molecule has 0 spiro atoms. The molecule has 0 N–H and O–H groups in total. The zero-order chi connectivity index (χ0) is 20.9. The Labute approximate surface area is 168 Å². The molecule has 7 heteroatoms. The van der Waals surface area contributed by atoms with Crippen molar-refractivity contribution in [1.29, 1.82) is 0 Å². The second kappa shape index (κ2) is 9.17.